The number of allylic oxidation sites excluding steroid dienone is 1. The number of hydrogen-bond donors (Lipinski definition) is 1. The molecule has 1 N–H and O–H groups in total. The smallest absolute Gasteiger partial charge is 0.344 e. The van der Waals surface area contributed by atoms with E-state index >= 15 is 0 Å². The predicted molar refractivity (Wildman–Crippen MR) is 140 cm³/mol. The van der Waals surface area contributed by atoms with Crippen molar-refractivity contribution >= 4 is 39.0 Å². The monoisotopic (exact) mass is 541 g/mol. The predicted octanol–water partition coefficient (Wildman–Crippen LogP) is 5.14. The van der Waals surface area contributed by atoms with Crippen molar-refractivity contribution in [1.82, 2.24) is 9.66 Å². The molecule has 0 spiro atoms. The Kier molecular flexibility index (Phi) is 8.45. The van der Waals surface area contributed by atoms with Gasteiger partial charge in [0.15, 0.2) is 17.6 Å². The highest BCUT2D eigenvalue weighted by Gasteiger charge is 2.20. The van der Waals surface area contributed by atoms with E-state index in [9.17, 15) is 14.7 Å². The van der Waals surface area contributed by atoms with Crippen LogP contribution in [0.15, 0.2) is 57.4 Å². The lowest BCUT2D eigenvalue weighted by atomic mass is 10.1. The van der Waals surface area contributed by atoms with Gasteiger partial charge in [-0.3, -0.25) is 4.79 Å². The highest BCUT2D eigenvalue weighted by Crippen LogP contribution is 2.34. The van der Waals surface area contributed by atoms with Crippen molar-refractivity contribution in [3.63, 3.8) is 0 Å². The molecule has 9 heteroatoms. The minimum Gasteiger partial charge on any atom is -0.493 e. The molecule has 0 aliphatic heterocycles. The van der Waals surface area contributed by atoms with Gasteiger partial charge in [0, 0.05) is 16.0 Å². The second-order valence-electron chi connectivity index (χ2n) is 8.10. The third-order valence-electron chi connectivity index (χ3n) is 5.59. The quantitative estimate of drug-likeness (QED) is 0.281. The van der Waals surface area contributed by atoms with E-state index in [2.05, 4.69) is 27.6 Å². The van der Waals surface area contributed by atoms with Crippen LogP contribution in [0.4, 0.5) is 0 Å². The van der Waals surface area contributed by atoms with Crippen molar-refractivity contribution in [3.05, 3.63) is 74.8 Å². The van der Waals surface area contributed by atoms with Crippen molar-refractivity contribution in [3.8, 4) is 11.5 Å². The first kappa shape index (κ1) is 26.2. The molecule has 2 aromatic carbocycles. The van der Waals surface area contributed by atoms with Gasteiger partial charge < -0.3 is 14.6 Å². The van der Waals surface area contributed by atoms with Crippen molar-refractivity contribution < 1.29 is 19.4 Å². The second-order valence-corrected chi connectivity index (χ2v) is 9.02. The molecule has 0 unspecified atom stereocenters. The minimum atomic E-state index is -1.09. The van der Waals surface area contributed by atoms with Gasteiger partial charge in [0.25, 0.3) is 5.56 Å². The van der Waals surface area contributed by atoms with Crippen LogP contribution < -0.4 is 15.0 Å². The highest BCUT2D eigenvalue weighted by molar-refractivity contribution is 9.10. The molecule has 3 aromatic rings. The molecule has 0 aliphatic carbocycles. The van der Waals surface area contributed by atoms with Gasteiger partial charge in [-0.25, -0.2) is 9.78 Å². The van der Waals surface area contributed by atoms with Crippen LogP contribution in [0, 0.1) is 0 Å². The maximum absolute atomic E-state index is 13.3. The zero-order valence-electron chi connectivity index (χ0n) is 20.1. The SMILES string of the molecule is C=CCc1cc(C=Nn2c([C@@H](C)CC)nc3ccc(Br)cc3c2=O)cc(OC)c1O[C@H](C)C(=O)O. The topological polar surface area (TPSA) is 103 Å². The summed E-state index contributed by atoms with van der Waals surface area (Å²) in [6.07, 6.45) is 3.38. The Bertz CT molecular complexity index is 1350. The molecule has 1 heterocycles. The molecule has 0 aliphatic rings. The van der Waals surface area contributed by atoms with Crippen LogP contribution in [-0.4, -0.2) is 40.2 Å². The van der Waals surface area contributed by atoms with Gasteiger partial charge in [0.05, 0.1) is 24.2 Å². The summed E-state index contributed by atoms with van der Waals surface area (Å²) in [7, 11) is 1.48. The van der Waals surface area contributed by atoms with Crippen molar-refractivity contribution in [1.29, 1.82) is 0 Å². The summed E-state index contributed by atoms with van der Waals surface area (Å²) < 4.78 is 13.2. The number of carboxylic acid groups (broad SMARTS) is 1. The van der Waals surface area contributed by atoms with Crippen LogP contribution in [0.1, 0.15) is 50.1 Å². The molecule has 0 bridgehead atoms. The Hall–Kier alpha value is -3.46. The molecule has 0 saturated carbocycles. The second kappa shape index (κ2) is 11.3. The van der Waals surface area contributed by atoms with Gasteiger partial charge in [-0.2, -0.15) is 9.78 Å². The van der Waals surface area contributed by atoms with E-state index in [1.807, 2.05) is 26.0 Å². The number of methoxy groups -OCH3 is 1. The molecule has 35 heavy (non-hydrogen) atoms. The van der Waals surface area contributed by atoms with Gasteiger partial charge in [0.2, 0.25) is 0 Å². The van der Waals surface area contributed by atoms with Crippen LogP contribution in [0.2, 0.25) is 0 Å². The third-order valence-corrected chi connectivity index (χ3v) is 6.08. The molecule has 184 valence electrons. The number of hydrogen-bond acceptors (Lipinski definition) is 6. The zero-order chi connectivity index (χ0) is 25.7. The number of ether oxygens (including phenoxy) is 2. The van der Waals surface area contributed by atoms with Crippen molar-refractivity contribution in [2.45, 2.75) is 45.6 Å². The Balaban J connectivity index is 2.15. The van der Waals surface area contributed by atoms with Gasteiger partial charge in [-0.15, -0.1) is 6.58 Å². The Labute approximate surface area is 212 Å². The van der Waals surface area contributed by atoms with E-state index in [0.29, 0.717) is 45.8 Å². The fourth-order valence-corrected chi connectivity index (χ4v) is 3.84. The van der Waals surface area contributed by atoms with Gasteiger partial charge >= 0.3 is 5.97 Å². The maximum Gasteiger partial charge on any atom is 0.344 e. The lowest BCUT2D eigenvalue weighted by Crippen LogP contribution is -2.24. The number of fused-ring (bicyclic) bond motifs is 1. The number of aliphatic carboxylic acids is 1. The molecule has 0 amide bonds. The highest BCUT2D eigenvalue weighted by atomic mass is 79.9. The lowest BCUT2D eigenvalue weighted by molar-refractivity contribution is -0.144. The number of rotatable bonds is 10. The molecule has 2 atom stereocenters. The summed E-state index contributed by atoms with van der Waals surface area (Å²) in [4.78, 5) is 29.4. The van der Waals surface area contributed by atoms with E-state index in [-0.39, 0.29) is 11.5 Å². The zero-order valence-corrected chi connectivity index (χ0v) is 21.7. The molecular weight excluding hydrogens is 514 g/mol. The Morgan fingerprint density at radius 2 is 2.06 bits per heavy atom. The largest absolute Gasteiger partial charge is 0.493 e. The fraction of sp³-hybridized carbons (Fsp3) is 0.308. The van der Waals surface area contributed by atoms with E-state index in [1.165, 1.54) is 18.7 Å². The number of aromatic nitrogens is 2. The number of halogens is 1. The van der Waals surface area contributed by atoms with Gasteiger partial charge in [-0.05, 0) is 55.7 Å². The molecule has 0 fully saturated rings. The molecule has 1 aromatic heterocycles. The van der Waals surface area contributed by atoms with E-state index < -0.39 is 12.1 Å². The van der Waals surface area contributed by atoms with Crippen LogP contribution in [-0.2, 0) is 11.2 Å². The summed E-state index contributed by atoms with van der Waals surface area (Å²) in [5.74, 6) is 0.168. The first-order valence-corrected chi connectivity index (χ1v) is 12.0. The fourth-order valence-electron chi connectivity index (χ4n) is 3.48. The number of nitrogens with zero attached hydrogens (tertiary/aromatic N) is 3. The molecule has 0 radical (unpaired) electrons. The standard InChI is InChI=1S/C26H28BrN3O5/c1-6-8-18-11-17(12-22(34-5)23(18)35-16(4)26(32)33)14-28-30-24(15(3)7-2)29-21-10-9-19(27)13-20(21)25(30)31/h6,9-16H,1,7-8H2,2-5H3,(H,32,33)/t15-,16+/m0/s1. The maximum atomic E-state index is 13.3. The van der Waals surface area contributed by atoms with E-state index in [4.69, 9.17) is 14.5 Å². The molecular formula is C26H28BrN3O5. The average Bonchev–Trinajstić information content (AvgIpc) is 2.84. The summed E-state index contributed by atoms with van der Waals surface area (Å²) in [5.41, 5.74) is 1.68. The number of carbonyl (C=O) groups is 1. The number of benzene rings is 2. The van der Waals surface area contributed by atoms with Crippen molar-refractivity contribution in [2.24, 2.45) is 5.10 Å². The Morgan fingerprint density at radius 1 is 1.31 bits per heavy atom. The van der Waals surface area contributed by atoms with Gasteiger partial charge in [0.1, 0.15) is 5.82 Å². The summed E-state index contributed by atoms with van der Waals surface area (Å²) in [6.45, 7) is 9.25. The van der Waals surface area contributed by atoms with Crippen molar-refractivity contribution in [2.75, 3.05) is 7.11 Å². The summed E-state index contributed by atoms with van der Waals surface area (Å²) in [6, 6.07) is 8.88. The molecule has 3 rings (SSSR count). The lowest BCUT2D eigenvalue weighted by Gasteiger charge is -2.18. The third kappa shape index (κ3) is 5.79. The molecule has 0 saturated heterocycles. The average molecular weight is 542 g/mol. The van der Waals surface area contributed by atoms with Crippen LogP contribution in [0.5, 0.6) is 11.5 Å². The normalized spacial score (nSPS) is 13.1. The summed E-state index contributed by atoms with van der Waals surface area (Å²) in [5, 5.41) is 14.2. The van der Waals surface area contributed by atoms with E-state index in [1.54, 1.807) is 30.5 Å². The first-order chi connectivity index (χ1) is 16.7. The molecule has 8 nitrogen and oxygen atoms in total. The van der Waals surface area contributed by atoms with E-state index in [0.717, 1.165) is 10.9 Å². The van der Waals surface area contributed by atoms with Crippen LogP contribution >= 0.6 is 15.9 Å². The summed E-state index contributed by atoms with van der Waals surface area (Å²) >= 11 is 3.41. The number of carboxylic acids is 1. The van der Waals surface area contributed by atoms with Crippen LogP contribution in [0.25, 0.3) is 10.9 Å². The first-order valence-electron chi connectivity index (χ1n) is 11.2. The Morgan fingerprint density at radius 3 is 2.69 bits per heavy atom. The van der Waals surface area contributed by atoms with Crippen LogP contribution in [0.3, 0.4) is 0 Å². The minimum absolute atomic E-state index is 0.00652. The van der Waals surface area contributed by atoms with Gasteiger partial charge in [-0.1, -0.05) is 35.9 Å².